The van der Waals surface area contributed by atoms with Gasteiger partial charge in [-0.3, -0.25) is 4.79 Å². The molecule has 0 saturated heterocycles. The van der Waals surface area contributed by atoms with E-state index in [0.717, 1.165) is 42.9 Å². The van der Waals surface area contributed by atoms with Crippen molar-refractivity contribution in [1.29, 1.82) is 0 Å². The van der Waals surface area contributed by atoms with Crippen LogP contribution in [0.4, 0.5) is 5.69 Å². The quantitative estimate of drug-likeness (QED) is 0.838. The van der Waals surface area contributed by atoms with Crippen LogP contribution in [0, 0.1) is 11.8 Å². The Labute approximate surface area is 127 Å². The molecule has 2 aliphatic rings. The summed E-state index contributed by atoms with van der Waals surface area (Å²) in [5.41, 5.74) is 7.34. The van der Waals surface area contributed by atoms with E-state index in [-0.39, 0.29) is 11.3 Å². The van der Waals surface area contributed by atoms with Gasteiger partial charge in [0.1, 0.15) is 0 Å². The maximum absolute atomic E-state index is 12.7. The van der Waals surface area contributed by atoms with Gasteiger partial charge in [-0.2, -0.15) is 0 Å². The van der Waals surface area contributed by atoms with E-state index in [0.29, 0.717) is 12.0 Å². The first-order valence-electron chi connectivity index (χ1n) is 8.18. The van der Waals surface area contributed by atoms with Gasteiger partial charge in [0.25, 0.3) is 0 Å². The second-order valence-electron chi connectivity index (χ2n) is 7.14. The molecule has 0 heterocycles. The van der Waals surface area contributed by atoms with Crippen LogP contribution in [-0.4, -0.2) is 11.9 Å². The number of carbonyl (C=O) groups is 1. The Bertz CT molecular complexity index is 519. The number of rotatable bonds is 3. The largest absolute Gasteiger partial charge is 0.399 e. The van der Waals surface area contributed by atoms with Crippen LogP contribution in [0.25, 0.3) is 0 Å². The van der Waals surface area contributed by atoms with Crippen molar-refractivity contribution in [2.24, 2.45) is 11.8 Å². The zero-order chi connectivity index (χ0) is 15.0. The number of amides is 1. The van der Waals surface area contributed by atoms with E-state index >= 15 is 0 Å². The Morgan fingerprint density at radius 2 is 1.81 bits per heavy atom. The minimum absolute atomic E-state index is 0.221. The average Bonchev–Trinajstić information content (AvgIpc) is 3.25. The molecule has 0 aromatic heterocycles. The number of nitrogens with two attached hydrogens (primary N) is 1. The van der Waals surface area contributed by atoms with Gasteiger partial charge in [0, 0.05) is 11.7 Å². The van der Waals surface area contributed by atoms with Crippen LogP contribution in [0.5, 0.6) is 0 Å². The highest BCUT2D eigenvalue weighted by molar-refractivity contribution is 5.91. The summed E-state index contributed by atoms with van der Waals surface area (Å²) in [5, 5.41) is 3.32. The number of nitrogens with one attached hydrogen (secondary N) is 1. The van der Waals surface area contributed by atoms with E-state index in [1.165, 1.54) is 6.42 Å². The molecule has 1 amide bonds. The Morgan fingerprint density at radius 3 is 2.38 bits per heavy atom. The van der Waals surface area contributed by atoms with Gasteiger partial charge in [0.15, 0.2) is 0 Å². The molecule has 21 heavy (non-hydrogen) atoms. The Morgan fingerprint density at radius 1 is 1.14 bits per heavy atom. The van der Waals surface area contributed by atoms with Crippen molar-refractivity contribution < 1.29 is 4.79 Å². The van der Waals surface area contributed by atoms with E-state index < -0.39 is 0 Å². The third-order valence-electron chi connectivity index (χ3n) is 5.58. The third-order valence-corrected chi connectivity index (χ3v) is 5.58. The number of benzene rings is 1. The van der Waals surface area contributed by atoms with Crippen molar-refractivity contribution in [2.75, 3.05) is 5.73 Å². The fourth-order valence-electron chi connectivity index (χ4n) is 3.58. The van der Waals surface area contributed by atoms with Crippen LogP contribution < -0.4 is 11.1 Å². The van der Waals surface area contributed by atoms with Crippen molar-refractivity contribution in [2.45, 2.75) is 57.4 Å². The molecule has 0 spiro atoms. The van der Waals surface area contributed by atoms with Gasteiger partial charge in [0.2, 0.25) is 5.91 Å². The summed E-state index contributed by atoms with van der Waals surface area (Å²) in [4.78, 5) is 12.7. The van der Waals surface area contributed by atoms with E-state index in [1.807, 2.05) is 24.3 Å². The van der Waals surface area contributed by atoms with E-state index in [2.05, 4.69) is 19.2 Å². The topological polar surface area (TPSA) is 55.1 Å². The minimum atomic E-state index is -0.278. The van der Waals surface area contributed by atoms with Crippen molar-refractivity contribution in [3.8, 4) is 0 Å². The van der Waals surface area contributed by atoms with Gasteiger partial charge >= 0.3 is 0 Å². The van der Waals surface area contributed by atoms with Gasteiger partial charge < -0.3 is 11.1 Å². The summed E-state index contributed by atoms with van der Waals surface area (Å²) >= 11 is 0. The molecule has 1 aromatic carbocycles. The molecule has 3 rings (SSSR count). The zero-order valence-electron chi connectivity index (χ0n) is 13.1. The summed E-state index contributed by atoms with van der Waals surface area (Å²) in [6, 6.07) is 8.16. The molecule has 3 N–H and O–H groups in total. The number of nitrogen functional groups attached to an aromatic ring is 1. The Hall–Kier alpha value is -1.51. The normalized spacial score (nSPS) is 30.7. The molecule has 3 heteroatoms. The van der Waals surface area contributed by atoms with Gasteiger partial charge in [-0.25, -0.2) is 0 Å². The van der Waals surface area contributed by atoms with Crippen LogP contribution in [0.2, 0.25) is 0 Å². The molecule has 2 aliphatic carbocycles. The lowest BCUT2D eigenvalue weighted by Gasteiger charge is -2.33. The predicted molar refractivity (Wildman–Crippen MR) is 85.9 cm³/mol. The van der Waals surface area contributed by atoms with Crippen molar-refractivity contribution in [3.63, 3.8) is 0 Å². The molecule has 0 bridgehead atoms. The SMILES string of the molecule is CC1CCC(NC(=O)C2(c3ccc(N)cc3)CC2)CC1C. The highest BCUT2D eigenvalue weighted by Gasteiger charge is 2.51. The van der Waals surface area contributed by atoms with Gasteiger partial charge in [-0.1, -0.05) is 26.0 Å². The summed E-state index contributed by atoms with van der Waals surface area (Å²) < 4.78 is 0. The van der Waals surface area contributed by atoms with Crippen molar-refractivity contribution in [1.82, 2.24) is 5.32 Å². The number of anilines is 1. The van der Waals surface area contributed by atoms with Gasteiger partial charge in [-0.05, 0) is 61.6 Å². The summed E-state index contributed by atoms with van der Waals surface area (Å²) in [6.07, 6.45) is 5.38. The predicted octanol–water partition coefficient (Wildman–Crippen LogP) is 3.24. The van der Waals surface area contributed by atoms with Gasteiger partial charge in [0.05, 0.1) is 5.41 Å². The van der Waals surface area contributed by atoms with E-state index in [4.69, 9.17) is 5.73 Å². The lowest BCUT2D eigenvalue weighted by molar-refractivity contribution is -0.124. The lowest BCUT2D eigenvalue weighted by Crippen LogP contribution is -2.44. The first kappa shape index (κ1) is 14.4. The minimum Gasteiger partial charge on any atom is -0.399 e. The molecular weight excluding hydrogens is 260 g/mol. The summed E-state index contributed by atoms with van der Waals surface area (Å²) in [7, 11) is 0. The molecule has 114 valence electrons. The van der Waals surface area contributed by atoms with E-state index in [9.17, 15) is 4.79 Å². The first-order chi connectivity index (χ1) is 10.0. The number of carbonyl (C=O) groups excluding carboxylic acids is 1. The third kappa shape index (κ3) is 2.78. The molecule has 2 fully saturated rings. The molecule has 2 saturated carbocycles. The molecule has 0 radical (unpaired) electrons. The smallest absolute Gasteiger partial charge is 0.230 e. The van der Waals surface area contributed by atoms with Crippen molar-refractivity contribution in [3.05, 3.63) is 29.8 Å². The Kier molecular flexibility index (Phi) is 3.68. The maximum atomic E-state index is 12.7. The maximum Gasteiger partial charge on any atom is 0.230 e. The monoisotopic (exact) mass is 286 g/mol. The summed E-state index contributed by atoms with van der Waals surface area (Å²) in [5.74, 6) is 1.71. The van der Waals surface area contributed by atoms with Crippen LogP contribution in [0.15, 0.2) is 24.3 Å². The fraction of sp³-hybridized carbons (Fsp3) is 0.611. The first-order valence-corrected chi connectivity index (χ1v) is 8.18. The van der Waals surface area contributed by atoms with Gasteiger partial charge in [-0.15, -0.1) is 0 Å². The summed E-state index contributed by atoms with van der Waals surface area (Å²) in [6.45, 7) is 4.62. The molecule has 3 atom stereocenters. The van der Waals surface area contributed by atoms with E-state index in [1.54, 1.807) is 0 Å². The van der Waals surface area contributed by atoms with Crippen molar-refractivity contribution >= 4 is 11.6 Å². The fourth-order valence-corrected chi connectivity index (χ4v) is 3.58. The standard InChI is InChI=1S/C18H26N2O/c1-12-3-8-16(11-13(12)2)20-17(21)18(9-10-18)14-4-6-15(19)7-5-14/h4-7,12-13,16H,3,8-11,19H2,1-2H3,(H,20,21). The van der Waals surface area contributed by atoms with Crippen LogP contribution in [0.3, 0.4) is 0 Å². The van der Waals surface area contributed by atoms with Crippen LogP contribution in [-0.2, 0) is 10.2 Å². The molecule has 0 aliphatic heterocycles. The lowest BCUT2D eigenvalue weighted by atomic mass is 9.79. The average molecular weight is 286 g/mol. The second-order valence-corrected chi connectivity index (χ2v) is 7.14. The number of hydrogen-bond donors (Lipinski definition) is 2. The van der Waals surface area contributed by atoms with Crippen LogP contribution >= 0.6 is 0 Å². The van der Waals surface area contributed by atoms with Crippen LogP contribution in [0.1, 0.15) is 51.5 Å². The number of hydrogen-bond acceptors (Lipinski definition) is 2. The highest BCUT2D eigenvalue weighted by atomic mass is 16.2. The molecular formula is C18H26N2O. The molecule has 3 nitrogen and oxygen atoms in total. The zero-order valence-corrected chi connectivity index (χ0v) is 13.1. The highest BCUT2D eigenvalue weighted by Crippen LogP contribution is 2.48. The second kappa shape index (κ2) is 5.36. The molecule has 3 unspecified atom stereocenters. The molecule has 1 aromatic rings. The Balaban J connectivity index is 1.66.